The summed E-state index contributed by atoms with van der Waals surface area (Å²) in [5.41, 5.74) is 4.83. The summed E-state index contributed by atoms with van der Waals surface area (Å²) in [7, 11) is 0. The molecule has 0 spiro atoms. The molecule has 0 radical (unpaired) electrons. The third-order valence-electron chi connectivity index (χ3n) is 4.41. The maximum atomic E-state index is 12.9. The fourth-order valence-corrected chi connectivity index (χ4v) is 4.18. The van der Waals surface area contributed by atoms with Crippen LogP contribution in [0.1, 0.15) is 23.6 Å². The molecule has 0 bridgehead atoms. The molecule has 0 aliphatic rings. The highest BCUT2D eigenvalue weighted by Crippen LogP contribution is 2.26. The summed E-state index contributed by atoms with van der Waals surface area (Å²) in [6.07, 6.45) is 1.84. The molecule has 2 aromatic heterocycles. The van der Waals surface area contributed by atoms with Crippen LogP contribution >= 0.6 is 22.9 Å². The summed E-state index contributed by atoms with van der Waals surface area (Å²) in [5, 5.41) is 0.533. The lowest BCUT2D eigenvalue weighted by molar-refractivity contribution is 0.340. The van der Waals surface area contributed by atoms with Gasteiger partial charge in [-0.1, -0.05) is 29.0 Å². The molecule has 0 aliphatic heterocycles. The first kappa shape index (κ1) is 17.1. The van der Waals surface area contributed by atoms with E-state index in [-0.39, 0.29) is 5.56 Å². The number of hydrogen-bond donors (Lipinski definition) is 0. The second kappa shape index (κ2) is 6.41. The van der Waals surface area contributed by atoms with E-state index in [0.29, 0.717) is 26.9 Å². The first-order valence-electron chi connectivity index (χ1n) is 8.34. The van der Waals surface area contributed by atoms with Crippen molar-refractivity contribution in [3.8, 4) is 5.75 Å². The second-order valence-electron chi connectivity index (χ2n) is 6.19. The summed E-state index contributed by atoms with van der Waals surface area (Å²) in [6, 6.07) is 9.57. The SMILES string of the molecule is CCOc1ccc(/C=c2\sc3nc4cc(C)c(C)cc4n3c2=O)cc1Cl. The van der Waals surface area contributed by atoms with Gasteiger partial charge in [-0.15, -0.1) is 0 Å². The Balaban J connectivity index is 1.88. The van der Waals surface area contributed by atoms with Gasteiger partial charge in [0.25, 0.3) is 5.56 Å². The average molecular weight is 385 g/mol. The van der Waals surface area contributed by atoms with Crippen molar-refractivity contribution in [2.75, 3.05) is 6.61 Å². The zero-order chi connectivity index (χ0) is 18.4. The van der Waals surface area contributed by atoms with Crippen molar-refractivity contribution < 1.29 is 4.74 Å². The van der Waals surface area contributed by atoms with E-state index in [1.807, 2.05) is 44.2 Å². The van der Waals surface area contributed by atoms with Crippen LogP contribution in [0.5, 0.6) is 5.75 Å². The van der Waals surface area contributed by atoms with E-state index in [1.54, 1.807) is 10.5 Å². The highest BCUT2D eigenvalue weighted by Gasteiger charge is 2.12. The van der Waals surface area contributed by atoms with Crippen LogP contribution in [0.15, 0.2) is 35.1 Å². The van der Waals surface area contributed by atoms with E-state index in [4.69, 9.17) is 16.3 Å². The number of benzene rings is 2. The molecule has 4 rings (SSSR count). The third kappa shape index (κ3) is 2.77. The molecule has 0 saturated heterocycles. The van der Waals surface area contributed by atoms with Gasteiger partial charge in [-0.25, -0.2) is 9.38 Å². The minimum absolute atomic E-state index is 0.0549. The normalized spacial score (nSPS) is 12.4. The number of imidazole rings is 1. The summed E-state index contributed by atoms with van der Waals surface area (Å²) in [4.78, 5) is 18.2. The summed E-state index contributed by atoms with van der Waals surface area (Å²) >= 11 is 7.63. The second-order valence-corrected chi connectivity index (χ2v) is 7.61. The van der Waals surface area contributed by atoms with Crippen LogP contribution in [-0.2, 0) is 0 Å². The molecule has 2 heterocycles. The van der Waals surface area contributed by atoms with E-state index in [2.05, 4.69) is 11.9 Å². The standard InChI is InChI=1S/C20H17ClN2O2S/c1-4-25-17-6-5-13(9-14(17)21)10-18-19(24)23-16-8-12(3)11(2)7-15(16)22-20(23)26-18/h5-10H,4H2,1-3H3/b18-10-. The number of halogens is 1. The number of ether oxygens (including phenoxy) is 1. The van der Waals surface area contributed by atoms with E-state index in [1.165, 1.54) is 16.9 Å². The number of fused-ring (bicyclic) bond motifs is 3. The molecule has 0 unspecified atom stereocenters. The molecule has 6 heteroatoms. The molecule has 0 fully saturated rings. The number of nitrogens with zero attached hydrogens (tertiary/aromatic N) is 2. The van der Waals surface area contributed by atoms with Crippen molar-refractivity contribution in [1.29, 1.82) is 0 Å². The van der Waals surface area contributed by atoms with Gasteiger partial charge >= 0.3 is 0 Å². The number of thiazole rings is 1. The predicted octanol–water partition coefficient (Wildman–Crippen LogP) is 4.13. The Bertz CT molecular complexity index is 1260. The van der Waals surface area contributed by atoms with E-state index in [9.17, 15) is 4.79 Å². The number of aromatic nitrogens is 2. The van der Waals surface area contributed by atoms with Crippen molar-refractivity contribution in [3.05, 3.63) is 66.9 Å². The highest BCUT2D eigenvalue weighted by atomic mass is 35.5. The Morgan fingerprint density at radius 3 is 2.73 bits per heavy atom. The van der Waals surface area contributed by atoms with Crippen LogP contribution in [0.25, 0.3) is 22.1 Å². The first-order valence-corrected chi connectivity index (χ1v) is 9.53. The van der Waals surface area contributed by atoms with E-state index in [0.717, 1.165) is 22.2 Å². The Hall–Kier alpha value is -2.37. The van der Waals surface area contributed by atoms with Gasteiger partial charge in [-0.05, 0) is 67.8 Å². The Morgan fingerprint density at radius 1 is 1.23 bits per heavy atom. The number of rotatable bonds is 3. The maximum Gasteiger partial charge on any atom is 0.274 e. The minimum atomic E-state index is -0.0549. The minimum Gasteiger partial charge on any atom is -0.492 e. The van der Waals surface area contributed by atoms with Crippen molar-refractivity contribution in [1.82, 2.24) is 9.38 Å². The van der Waals surface area contributed by atoms with Gasteiger partial charge in [0.1, 0.15) is 5.75 Å². The lowest BCUT2D eigenvalue weighted by Gasteiger charge is -2.05. The van der Waals surface area contributed by atoms with E-state index < -0.39 is 0 Å². The molecule has 132 valence electrons. The fraction of sp³-hybridized carbons (Fsp3) is 0.200. The number of aryl methyl sites for hydroxylation is 2. The molecule has 0 aliphatic carbocycles. The lowest BCUT2D eigenvalue weighted by Crippen LogP contribution is -2.22. The zero-order valence-corrected chi connectivity index (χ0v) is 16.2. The fourth-order valence-electron chi connectivity index (χ4n) is 2.95. The lowest BCUT2D eigenvalue weighted by atomic mass is 10.1. The van der Waals surface area contributed by atoms with Crippen LogP contribution in [0.4, 0.5) is 0 Å². The predicted molar refractivity (Wildman–Crippen MR) is 108 cm³/mol. The van der Waals surface area contributed by atoms with Crippen LogP contribution in [0, 0.1) is 13.8 Å². The topological polar surface area (TPSA) is 43.6 Å². The molecule has 4 nitrogen and oxygen atoms in total. The first-order chi connectivity index (χ1) is 12.5. The van der Waals surface area contributed by atoms with Crippen LogP contribution in [0.2, 0.25) is 5.02 Å². The third-order valence-corrected chi connectivity index (χ3v) is 5.67. The van der Waals surface area contributed by atoms with Crippen LogP contribution < -0.4 is 14.8 Å². The molecule has 0 atom stereocenters. The Labute approximate surface area is 159 Å². The number of hydrogen-bond acceptors (Lipinski definition) is 4. The van der Waals surface area contributed by atoms with Gasteiger partial charge in [0, 0.05) is 0 Å². The molecular weight excluding hydrogens is 368 g/mol. The summed E-state index contributed by atoms with van der Waals surface area (Å²) < 4.78 is 7.77. The van der Waals surface area contributed by atoms with Gasteiger partial charge < -0.3 is 4.74 Å². The molecule has 0 amide bonds. The van der Waals surface area contributed by atoms with Gasteiger partial charge in [-0.2, -0.15) is 0 Å². The highest BCUT2D eigenvalue weighted by molar-refractivity contribution is 7.15. The maximum absolute atomic E-state index is 12.9. The van der Waals surface area contributed by atoms with Gasteiger partial charge in [0.2, 0.25) is 0 Å². The van der Waals surface area contributed by atoms with E-state index >= 15 is 0 Å². The molecule has 2 aromatic carbocycles. The van der Waals surface area contributed by atoms with Gasteiger partial charge in [0.15, 0.2) is 4.96 Å². The molecule has 26 heavy (non-hydrogen) atoms. The van der Waals surface area contributed by atoms with Crippen LogP contribution in [-0.4, -0.2) is 16.0 Å². The summed E-state index contributed by atoms with van der Waals surface area (Å²) in [6.45, 7) is 6.56. The quantitative estimate of drug-likeness (QED) is 0.533. The Morgan fingerprint density at radius 2 is 2.00 bits per heavy atom. The smallest absolute Gasteiger partial charge is 0.274 e. The van der Waals surface area contributed by atoms with Crippen molar-refractivity contribution in [3.63, 3.8) is 0 Å². The Kier molecular flexibility index (Phi) is 4.21. The van der Waals surface area contributed by atoms with Crippen molar-refractivity contribution in [2.24, 2.45) is 0 Å². The monoisotopic (exact) mass is 384 g/mol. The molecular formula is C20H17ClN2O2S. The largest absolute Gasteiger partial charge is 0.492 e. The van der Waals surface area contributed by atoms with Crippen molar-refractivity contribution in [2.45, 2.75) is 20.8 Å². The molecule has 0 N–H and O–H groups in total. The molecule has 4 aromatic rings. The van der Waals surface area contributed by atoms with Crippen molar-refractivity contribution >= 4 is 45.0 Å². The average Bonchev–Trinajstić information content (AvgIpc) is 3.08. The van der Waals surface area contributed by atoms with Gasteiger partial charge in [-0.3, -0.25) is 4.79 Å². The zero-order valence-electron chi connectivity index (χ0n) is 14.7. The summed E-state index contributed by atoms with van der Waals surface area (Å²) in [5.74, 6) is 0.645. The van der Waals surface area contributed by atoms with Gasteiger partial charge in [0.05, 0.1) is 27.2 Å². The van der Waals surface area contributed by atoms with Crippen LogP contribution in [0.3, 0.4) is 0 Å². The molecule has 0 saturated carbocycles.